The minimum Gasteiger partial charge on any atom is -0.497 e. The second-order valence-corrected chi connectivity index (χ2v) is 3.37. The van der Waals surface area contributed by atoms with E-state index < -0.39 is 0 Å². The van der Waals surface area contributed by atoms with E-state index in [-0.39, 0.29) is 12.2 Å². The smallest absolute Gasteiger partial charge is 0.118 e. The lowest BCUT2D eigenvalue weighted by atomic mass is 10.1. The average Bonchev–Trinajstić information content (AvgIpc) is 2.30. The molecule has 0 N–H and O–H groups in total. The van der Waals surface area contributed by atoms with E-state index in [1.165, 1.54) is 0 Å². The molecule has 0 amide bonds. The molecule has 0 unspecified atom stereocenters. The molecular formula is C12H18O3. The maximum absolute atomic E-state index is 5.40. The third-order valence-electron chi connectivity index (χ3n) is 2.50. The van der Waals surface area contributed by atoms with Gasteiger partial charge in [0, 0.05) is 14.2 Å². The van der Waals surface area contributed by atoms with Gasteiger partial charge >= 0.3 is 0 Å². The number of hydrogen-bond acceptors (Lipinski definition) is 3. The first-order valence-corrected chi connectivity index (χ1v) is 4.92. The minimum atomic E-state index is -0.0408. The first kappa shape index (κ1) is 12.0. The third kappa shape index (κ3) is 2.94. The highest BCUT2D eigenvalue weighted by Crippen LogP contribution is 2.24. The summed E-state index contributed by atoms with van der Waals surface area (Å²) in [5, 5.41) is 0. The molecule has 0 spiro atoms. The standard InChI is InChI=1S/C12H18O3/c1-9(13-2)12(15-4)10-5-7-11(14-3)8-6-10/h5-9,12H,1-4H3/t9-,12-/m1/s1. The molecule has 3 nitrogen and oxygen atoms in total. The molecule has 0 saturated heterocycles. The number of hydrogen-bond donors (Lipinski definition) is 0. The first-order chi connectivity index (χ1) is 7.22. The lowest BCUT2D eigenvalue weighted by molar-refractivity contribution is -0.0277. The molecule has 3 heteroatoms. The molecule has 1 aromatic rings. The summed E-state index contributed by atoms with van der Waals surface area (Å²) in [6.45, 7) is 1.98. The van der Waals surface area contributed by atoms with Gasteiger partial charge in [-0.15, -0.1) is 0 Å². The second kappa shape index (κ2) is 5.73. The van der Waals surface area contributed by atoms with E-state index in [9.17, 15) is 0 Å². The lowest BCUT2D eigenvalue weighted by Crippen LogP contribution is -2.18. The van der Waals surface area contributed by atoms with Gasteiger partial charge in [0.25, 0.3) is 0 Å². The molecule has 0 fully saturated rings. The summed E-state index contributed by atoms with van der Waals surface area (Å²) in [5.41, 5.74) is 1.09. The van der Waals surface area contributed by atoms with Crippen LogP contribution in [0, 0.1) is 0 Å². The number of benzene rings is 1. The van der Waals surface area contributed by atoms with Crippen molar-refractivity contribution in [1.82, 2.24) is 0 Å². The van der Waals surface area contributed by atoms with Crippen LogP contribution >= 0.6 is 0 Å². The van der Waals surface area contributed by atoms with Gasteiger partial charge in [-0.05, 0) is 24.6 Å². The SMILES string of the molecule is COc1ccc([C@H](OC)[C@@H](C)OC)cc1. The highest BCUT2D eigenvalue weighted by Gasteiger charge is 2.18. The Morgan fingerprint density at radius 3 is 1.93 bits per heavy atom. The van der Waals surface area contributed by atoms with E-state index in [1.807, 2.05) is 31.2 Å². The average molecular weight is 210 g/mol. The summed E-state index contributed by atoms with van der Waals surface area (Å²) in [6, 6.07) is 7.82. The molecule has 1 aromatic carbocycles. The topological polar surface area (TPSA) is 27.7 Å². The molecule has 2 atom stereocenters. The highest BCUT2D eigenvalue weighted by molar-refractivity contribution is 5.28. The van der Waals surface area contributed by atoms with Gasteiger partial charge in [-0.25, -0.2) is 0 Å². The van der Waals surface area contributed by atoms with Crippen LogP contribution < -0.4 is 4.74 Å². The molecule has 0 radical (unpaired) electrons. The van der Waals surface area contributed by atoms with E-state index in [0.717, 1.165) is 11.3 Å². The Morgan fingerprint density at radius 2 is 1.53 bits per heavy atom. The van der Waals surface area contributed by atoms with Gasteiger partial charge in [0.15, 0.2) is 0 Å². The Kier molecular flexibility index (Phi) is 4.59. The predicted molar refractivity (Wildman–Crippen MR) is 59.2 cm³/mol. The molecule has 0 aliphatic carbocycles. The highest BCUT2D eigenvalue weighted by atomic mass is 16.5. The zero-order valence-electron chi connectivity index (χ0n) is 9.69. The summed E-state index contributed by atoms with van der Waals surface area (Å²) in [5.74, 6) is 0.846. The van der Waals surface area contributed by atoms with Crippen LogP contribution in [0.1, 0.15) is 18.6 Å². The molecule has 84 valence electrons. The Morgan fingerprint density at radius 1 is 0.933 bits per heavy atom. The van der Waals surface area contributed by atoms with Gasteiger partial charge in [-0.1, -0.05) is 12.1 Å². The minimum absolute atomic E-state index is 0.0309. The van der Waals surface area contributed by atoms with Crippen molar-refractivity contribution in [2.75, 3.05) is 21.3 Å². The molecule has 0 aromatic heterocycles. The van der Waals surface area contributed by atoms with Crippen molar-refractivity contribution >= 4 is 0 Å². The van der Waals surface area contributed by atoms with Crippen LogP contribution in [0.2, 0.25) is 0 Å². The molecule has 0 bridgehead atoms. The van der Waals surface area contributed by atoms with Crippen LogP contribution in [0.5, 0.6) is 5.75 Å². The maximum Gasteiger partial charge on any atom is 0.118 e. The molecular weight excluding hydrogens is 192 g/mol. The van der Waals surface area contributed by atoms with E-state index >= 15 is 0 Å². The number of ether oxygens (including phenoxy) is 3. The largest absolute Gasteiger partial charge is 0.497 e. The van der Waals surface area contributed by atoms with Crippen molar-refractivity contribution in [3.05, 3.63) is 29.8 Å². The summed E-state index contributed by atoms with van der Waals surface area (Å²) in [7, 11) is 5.02. The Hall–Kier alpha value is -1.06. The van der Waals surface area contributed by atoms with Crippen molar-refractivity contribution in [2.24, 2.45) is 0 Å². The van der Waals surface area contributed by atoms with Gasteiger partial charge < -0.3 is 14.2 Å². The Bertz CT molecular complexity index is 281. The predicted octanol–water partition coefficient (Wildman–Crippen LogP) is 2.42. The summed E-state index contributed by atoms with van der Waals surface area (Å²) >= 11 is 0. The van der Waals surface area contributed by atoms with Crippen molar-refractivity contribution in [3.63, 3.8) is 0 Å². The number of methoxy groups -OCH3 is 3. The zero-order chi connectivity index (χ0) is 11.3. The monoisotopic (exact) mass is 210 g/mol. The van der Waals surface area contributed by atoms with Crippen molar-refractivity contribution < 1.29 is 14.2 Å². The van der Waals surface area contributed by atoms with Crippen LogP contribution in [0.25, 0.3) is 0 Å². The molecule has 0 aliphatic rings. The molecule has 0 heterocycles. The zero-order valence-corrected chi connectivity index (χ0v) is 9.69. The lowest BCUT2D eigenvalue weighted by Gasteiger charge is -2.21. The molecule has 15 heavy (non-hydrogen) atoms. The Labute approximate surface area is 91.0 Å². The van der Waals surface area contributed by atoms with E-state index in [1.54, 1.807) is 21.3 Å². The van der Waals surface area contributed by atoms with Gasteiger partial charge in [0.05, 0.1) is 13.2 Å². The van der Waals surface area contributed by atoms with Gasteiger partial charge in [0.2, 0.25) is 0 Å². The molecule has 0 aliphatic heterocycles. The van der Waals surface area contributed by atoms with Crippen LogP contribution in [-0.2, 0) is 9.47 Å². The van der Waals surface area contributed by atoms with Crippen LogP contribution in [-0.4, -0.2) is 27.4 Å². The van der Waals surface area contributed by atoms with Gasteiger partial charge in [-0.2, -0.15) is 0 Å². The summed E-state index contributed by atoms with van der Waals surface area (Å²) in [4.78, 5) is 0. The quantitative estimate of drug-likeness (QED) is 0.747. The first-order valence-electron chi connectivity index (χ1n) is 4.92. The van der Waals surface area contributed by atoms with E-state index in [0.29, 0.717) is 0 Å². The normalized spacial score (nSPS) is 14.7. The van der Waals surface area contributed by atoms with Gasteiger partial charge in [0.1, 0.15) is 11.9 Å². The van der Waals surface area contributed by atoms with Crippen molar-refractivity contribution in [1.29, 1.82) is 0 Å². The van der Waals surface area contributed by atoms with E-state index in [4.69, 9.17) is 14.2 Å². The molecule has 1 rings (SSSR count). The van der Waals surface area contributed by atoms with Crippen LogP contribution in [0.4, 0.5) is 0 Å². The maximum atomic E-state index is 5.40. The fraction of sp³-hybridized carbons (Fsp3) is 0.500. The van der Waals surface area contributed by atoms with E-state index in [2.05, 4.69) is 0 Å². The van der Waals surface area contributed by atoms with Crippen molar-refractivity contribution in [3.8, 4) is 5.75 Å². The second-order valence-electron chi connectivity index (χ2n) is 3.37. The Balaban J connectivity index is 2.83. The fourth-order valence-corrected chi connectivity index (χ4v) is 1.52. The summed E-state index contributed by atoms with van der Waals surface area (Å²) < 4.78 is 15.8. The van der Waals surface area contributed by atoms with Gasteiger partial charge in [-0.3, -0.25) is 0 Å². The van der Waals surface area contributed by atoms with Crippen LogP contribution in [0.3, 0.4) is 0 Å². The molecule has 0 saturated carbocycles. The fourth-order valence-electron chi connectivity index (χ4n) is 1.52. The number of rotatable bonds is 5. The van der Waals surface area contributed by atoms with Crippen molar-refractivity contribution in [2.45, 2.75) is 19.1 Å². The summed E-state index contributed by atoms with van der Waals surface area (Å²) in [6.07, 6.45) is -0.00991. The van der Waals surface area contributed by atoms with Crippen LogP contribution in [0.15, 0.2) is 24.3 Å². The third-order valence-corrected chi connectivity index (χ3v) is 2.50.